The predicted octanol–water partition coefficient (Wildman–Crippen LogP) is 4.98. The molecule has 0 amide bonds. The van der Waals surface area contributed by atoms with Crippen LogP contribution in [0.25, 0.3) is 0 Å². The van der Waals surface area contributed by atoms with Gasteiger partial charge in [0.15, 0.2) is 0 Å². The quantitative estimate of drug-likeness (QED) is 0.357. The fourth-order valence-corrected chi connectivity index (χ4v) is 2.29. The minimum Gasteiger partial charge on any atom is -0.476 e. The van der Waals surface area contributed by atoms with Crippen LogP contribution in [-0.4, -0.2) is 37.4 Å². The first kappa shape index (κ1) is 28.6. The minimum atomic E-state index is 0.456. The van der Waals surface area contributed by atoms with E-state index >= 15 is 0 Å². The average Bonchev–Trinajstić information content (AvgIpc) is 2.71. The highest BCUT2D eigenvalue weighted by atomic mass is 16.5. The smallest absolute Gasteiger partial charge is 0.217 e. The van der Waals surface area contributed by atoms with Crippen LogP contribution in [0, 0.1) is 5.41 Å². The molecular formula is C23H41N5O. The molecule has 0 spiro atoms. The molecule has 0 saturated heterocycles. The molecule has 1 aromatic heterocycles. The van der Waals surface area contributed by atoms with Gasteiger partial charge in [0.25, 0.3) is 0 Å². The molecule has 6 nitrogen and oxygen atoms in total. The summed E-state index contributed by atoms with van der Waals surface area (Å²) in [5.74, 6) is 1.03. The van der Waals surface area contributed by atoms with E-state index in [9.17, 15) is 0 Å². The second kappa shape index (κ2) is 18.7. The highest BCUT2D eigenvalue weighted by Crippen LogP contribution is 2.22. The van der Waals surface area contributed by atoms with Crippen molar-refractivity contribution in [1.82, 2.24) is 4.98 Å². The fraction of sp³-hybridized carbons (Fsp3) is 0.478. The molecule has 0 radical (unpaired) electrons. The maximum Gasteiger partial charge on any atom is 0.217 e. The first-order valence-electron chi connectivity index (χ1n) is 10.3. The predicted molar refractivity (Wildman–Crippen MR) is 129 cm³/mol. The van der Waals surface area contributed by atoms with Crippen molar-refractivity contribution >= 4 is 17.7 Å². The van der Waals surface area contributed by atoms with Gasteiger partial charge in [0.2, 0.25) is 5.88 Å². The summed E-state index contributed by atoms with van der Waals surface area (Å²) < 4.78 is 5.44. The molecule has 5 N–H and O–H groups in total. The SMILES string of the molecule is C=C/C(C=N)=C\C(=C)C.CC.CCCN(CCC)c1cc(N)nc(OCCN)c1. The standard InChI is InChI=1S/C13H24N4O.C8H11N.C2H6/c1-3-6-17(7-4-2)11-9-12(15)16-13(10-11)18-8-5-14;1-4-8(6-9)5-7(2)3;1-2/h9-10H,3-8,14H2,1-2H3,(H2,15,16);4-6,9H,1-2H2,3H3;1-2H3/b;8-5+,9-6?;. The third-order valence-electron chi connectivity index (χ3n) is 3.34. The summed E-state index contributed by atoms with van der Waals surface area (Å²) in [4.78, 5) is 6.45. The Morgan fingerprint density at radius 1 is 1.24 bits per heavy atom. The Labute approximate surface area is 177 Å². The summed E-state index contributed by atoms with van der Waals surface area (Å²) >= 11 is 0. The van der Waals surface area contributed by atoms with Crippen molar-refractivity contribution in [2.24, 2.45) is 5.73 Å². The lowest BCUT2D eigenvalue weighted by Gasteiger charge is -2.24. The Morgan fingerprint density at radius 3 is 2.21 bits per heavy atom. The van der Waals surface area contributed by atoms with Crippen LogP contribution in [0.1, 0.15) is 47.5 Å². The summed E-state index contributed by atoms with van der Waals surface area (Å²) in [5.41, 5.74) is 14.0. The molecule has 164 valence electrons. The van der Waals surface area contributed by atoms with Gasteiger partial charge in [-0.2, -0.15) is 4.98 Å². The number of ether oxygens (including phenoxy) is 1. The van der Waals surface area contributed by atoms with Crippen molar-refractivity contribution in [3.8, 4) is 5.88 Å². The number of aromatic nitrogens is 1. The molecule has 0 aliphatic heterocycles. The van der Waals surface area contributed by atoms with E-state index in [1.807, 2.05) is 32.9 Å². The largest absolute Gasteiger partial charge is 0.476 e. The first-order chi connectivity index (χ1) is 13.9. The highest BCUT2D eigenvalue weighted by Gasteiger charge is 2.08. The van der Waals surface area contributed by atoms with E-state index in [2.05, 4.69) is 36.9 Å². The Hall–Kier alpha value is -2.60. The van der Waals surface area contributed by atoms with Gasteiger partial charge < -0.3 is 26.5 Å². The first-order valence-corrected chi connectivity index (χ1v) is 10.3. The van der Waals surface area contributed by atoms with Crippen molar-refractivity contribution in [2.75, 3.05) is 36.9 Å². The molecule has 0 saturated carbocycles. The van der Waals surface area contributed by atoms with Crippen LogP contribution in [-0.2, 0) is 0 Å². The summed E-state index contributed by atoms with van der Waals surface area (Å²) in [6, 6.07) is 3.82. The van der Waals surface area contributed by atoms with Crippen LogP contribution in [0.3, 0.4) is 0 Å². The molecule has 6 heteroatoms. The molecule has 29 heavy (non-hydrogen) atoms. The molecule has 1 heterocycles. The molecule has 0 fully saturated rings. The number of rotatable bonds is 11. The Morgan fingerprint density at radius 2 is 1.83 bits per heavy atom. The topological polar surface area (TPSA) is 101 Å². The summed E-state index contributed by atoms with van der Waals surface area (Å²) in [7, 11) is 0. The number of allylic oxidation sites excluding steroid dienone is 4. The van der Waals surface area contributed by atoms with Gasteiger partial charge in [-0.3, -0.25) is 0 Å². The minimum absolute atomic E-state index is 0.456. The molecule has 0 aromatic carbocycles. The maximum atomic E-state index is 6.85. The van der Waals surface area contributed by atoms with Gasteiger partial charge in [-0.1, -0.05) is 58.6 Å². The Balaban J connectivity index is 0. The van der Waals surface area contributed by atoms with Crippen molar-refractivity contribution < 1.29 is 4.74 Å². The maximum absolute atomic E-state index is 6.85. The van der Waals surface area contributed by atoms with Crippen molar-refractivity contribution in [1.29, 1.82) is 5.41 Å². The van der Waals surface area contributed by atoms with Gasteiger partial charge in [-0.05, 0) is 25.3 Å². The van der Waals surface area contributed by atoms with Gasteiger partial charge in [-0.25, -0.2) is 0 Å². The fourth-order valence-electron chi connectivity index (χ4n) is 2.29. The van der Waals surface area contributed by atoms with Crippen molar-refractivity contribution in [3.63, 3.8) is 0 Å². The van der Waals surface area contributed by atoms with E-state index < -0.39 is 0 Å². The van der Waals surface area contributed by atoms with Gasteiger partial charge in [0.05, 0.1) is 0 Å². The Bertz CT molecular complexity index is 610. The molecule has 1 aromatic rings. The second-order valence-corrected chi connectivity index (χ2v) is 6.05. The van der Waals surface area contributed by atoms with E-state index in [0.717, 1.165) is 42.8 Å². The Kier molecular flexibility index (Phi) is 18.5. The number of hydrogen-bond acceptors (Lipinski definition) is 6. The van der Waals surface area contributed by atoms with Crippen LogP contribution in [0.4, 0.5) is 11.5 Å². The molecule has 0 aliphatic rings. The summed E-state index contributed by atoms with van der Waals surface area (Å²) in [5, 5.41) is 6.85. The molecule has 1 rings (SSSR count). The highest BCUT2D eigenvalue weighted by molar-refractivity contribution is 5.80. The lowest BCUT2D eigenvalue weighted by Crippen LogP contribution is -2.25. The van der Waals surface area contributed by atoms with E-state index in [0.29, 0.717) is 24.8 Å². The number of anilines is 2. The van der Waals surface area contributed by atoms with Gasteiger partial charge in [0, 0.05) is 43.7 Å². The number of nitrogen functional groups attached to an aromatic ring is 1. The lowest BCUT2D eigenvalue weighted by atomic mass is 10.2. The number of nitrogens with zero attached hydrogens (tertiary/aromatic N) is 2. The monoisotopic (exact) mass is 403 g/mol. The van der Waals surface area contributed by atoms with Gasteiger partial charge in [-0.15, -0.1) is 0 Å². The van der Waals surface area contributed by atoms with E-state index in [4.69, 9.17) is 21.6 Å². The van der Waals surface area contributed by atoms with Crippen LogP contribution in [0.2, 0.25) is 0 Å². The summed E-state index contributed by atoms with van der Waals surface area (Å²) in [6.07, 6.45) is 6.88. The van der Waals surface area contributed by atoms with Crippen LogP contribution >= 0.6 is 0 Å². The van der Waals surface area contributed by atoms with E-state index in [1.165, 1.54) is 6.21 Å². The van der Waals surface area contributed by atoms with Gasteiger partial charge in [0.1, 0.15) is 12.4 Å². The van der Waals surface area contributed by atoms with Crippen molar-refractivity contribution in [2.45, 2.75) is 47.5 Å². The molecule has 0 unspecified atom stereocenters. The second-order valence-electron chi connectivity index (χ2n) is 6.05. The number of nitrogens with two attached hydrogens (primary N) is 2. The zero-order valence-corrected chi connectivity index (χ0v) is 19.0. The summed E-state index contributed by atoms with van der Waals surface area (Å²) in [6.45, 7) is 20.3. The van der Waals surface area contributed by atoms with E-state index in [1.54, 1.807) is 12.2 Å². The molecular weight excluding hydrogens is 362 g/mol. The third-order valence-corrected chi connectivity index (χ3v) is 3.34. The van der Waals surface area contributed by atoms with Crippen LogP contribution in [0.15, 0.2) is 48.6 Å². The average molecular weight is 404 g/mol. The van der Waals surface area contributed by atoms with Crippen LogP contribution < -0.4 is 21.1 Å². The van der Waals surface area contributed by atoms with Gasteiger partial charge >= 0.3 is 0 Å². The molecule has 0 aliphatic carbocycles. The normalized spacial score (nSPS) is 9.93. The third kappa shape index (κ3) is 14.1. The van der Waals surface area contributed by atoms with E-state index in [-0.39, 0.29) is 0 Å². The number of nitrogens with one attached hydrogen (secondary N) is 1. The number of hydrogen-bond donors (Lipinski definition) is 3. The number of pyridine rings is 1. The lowest BCUT2D eigenvalue weighted by molar-refractivity contribution is 0.316. The molecule has 0 bridgehead atoms. The zero-order chi connectivity index (χ0) is 22.7. The van der Waals surface area contributed by atoms with Crippen molar-refractivity contribution in [3.05, 3.63) is 48.6 Å². The van der Waals surface area contributed by atoms with Crippen LogP contribution in [0.5, 0.6) is 5.88 Å². The molecule has 0 atom stereocenters. The zero-order valence-electron chi connectivity index (χ0n) is 19.0.